The minimum Gasteiger partial charge on any atom is -0.454 e. The summed E-state index contributed by atoms with van der Waals surface area (Å²) in [7, 11) is -3.77. The van der Waals surface area contributed by atoms with Gasteiger partial charge in [-0.3, -0.25) is 14.5 Å². The van der Waals surface area contributed by atoms with Crippen LogP contribution in [0.1, 0.15) is 25.7 Å². The fraction of sp³-hybridized carbons (Fsp3) is 0.471. The van der Waals surface area contributed by atoms with Crippen LogP contribution >= 0.6 is 0 Å². The molecule has 1 aromatic carbocycles. The van der Waals surface area contributed by atoms with Crippen molar-refractivity contribution in [2.45, 2.75) is 36.7 Å². The second-order valence-electron chi connectivity index (χ2n) is 6.22. The van der Waals surface area contributed by atoms with Gasteiger partial charge in [0, 0.05) is 25.3 Å². The quantitative estimate of drug-likeness (QED) is 0.688. The molecule has 1 fully saturated rings. The number of amidine groups is 1. The van der Waals surface area contributed by atoms with E-state index in [0.29, 0.717) is 31.8 Å². The van der Waals surface area contributed by atoms with Crippen molar-refractivity contribution in [1.82, 2.24) is 4.72 Å². The van der Waals surface area contributed by atoms with Crippen LogP contribution in [0.15, 0.2) is 34.2 Å². The lowest BCUT2D eigenvalue weighted by molar-refractivity contribution is -0.156. The van der Waals surface area contributed by atoms with E-state index in [1.165, 1.54) is 18.2 Å². The second-order valence-corrected chi connectivity index (χ2v) is 7.91. The van der Waals surface area contributed by atoms with Gasteiger partial charge in [-0.1, -0.05) is 6.07 Å². The molecule has 1 saturated heterocycles. The summed E-state index contributed by atoms with van der Waals surface area (Å²) >= 11 is 0. The molecule has 0 aliphatic carbocycles. The van der Waals surface area contributed by atoms with Crippen LogP contribution in [-0.4, -0.2) is 52.0 Å². The van der Waals surface area contributed by atoms with Gasteiger partial charge in [0.05, 0.1) is 4.90 Å². The monoisotopic (exact) mass is 395 g/mol. The van der Waals surface area contributed by atoms with Gasteiger partial charge in [0.1, 0.15) is 5.84 Å². The second kappa shape index (κ2) is 8.49. The summed E-state index contributed by atoms with van der Waals surface area (Å²) in [5.41, 5.74) is 0.282. The fourth-order valence-electron chi connectivity index (χ4n) is 2.77. The van der Waals surface area contributed by atoms with Crippen molar-refractivity contribution in [2.24, 2.45) is 4.99 Å². The summed E-state index contributed by atoms with van der Waals surface area (Å²) in [6.07, 6.45) is 2.16. The molecule has 146 valence electrons. The SMILES string of the molecule is O=C(COC(=O)[C@@H]1CCCO1)Nc1cccc(S(=O)(=O)NC2=NCCC2)c1. The van der Waals surface area contributed by atoms with E-state index >= 15 is 0 Å². The molecule has 2 aliphatic rings. The first-order chi connectivity index (χ1) is 12.9. The van der Waals surface area contributed by atoms with Crippen molar-refractivity contribution in [2.75, 3.05) is 25.1 Å². The molecular weight excluding hydrogens is 374 g/mol. The summed E-state index contributed by atoms with van der Waals surface area (Å²) in [6, 6.07) is 5.81. The molecule has 0 aromatic heterocycles. The smallest absolute Gasteiger partial charge is 0.335 e. The highest BCUT2D eigenvalue weighted by molar-refractivity contribution is 7.90. The van der Waals surface area contributed by atoms with Crippen LogP contribution in [0, 0.1) is 0 Å². The van der Waals surface area contributed by atoms with Gasteiger partial charge < -0.3 is 14.8 Å². The van der Waals surface area contributed by atoms with Crippen LogP contribution in [0.4, 0.5) is 5.69 Å². The van der Waals surface area contributed by atoms with E-state index in [9.17, 15) is 18.0 Å². The van der Waals surface area contributed by atoms with Crippen LogP contribution in [0.25, 0.3) is 0 Å². The van der Waals surface area contributed by atoms with Gasteiger partial charge in [-0.15, -0.1) is 0 Å². The molecule has 1 atom stereocenters. The molecule has 2 heterocycles. The van der Waals surface area contributed by atoms with Gasteiger partial charge >= 0.3 is 5.97 Å². The highest BCUT2D eigenvalue weighted by Gasteiger charge is 2.25. The standard InChI is InChI=1S/C17H21N3O6S/c21-16(11-26-17(22)14-6-3-9-25-14)19-12-4-1-5-13(10-12)27(23,24)20-15-7-2-8-18-15/h1,4-5,10,14H,2-3,6-9,11H2,(H,18,20)(H,19,21)/t14-/m0/s1. The predicted molar refractivity (Wildman–Crippen MR) is 96.9 cm³/mol. The summed E-state index contributed by atoms with van der Waals surface area (Å²) in [4.78, 5) is 27.8. The van der Waals surface area contributed by atoms with E-state index in [1.807, 2.05) is 0 Å². The molecule has 10 heteroatoms. The van der Waals surface area contributed by atoms with E-state index in [4.69, 9.17) is 9.47 Å². The molecule has 3 rings (SSSR count). The molecule has 9 nitrogen and oxygen atoms in total. The first-order valence-electron chi connectivity index (χ1n) is 8.68. The largest absolute Gasteiger partial charge is 0.454 e. The number of nitrogens with zero attached hydrogens (tertiary/aromatic N) is 1. The minimum atomic E-state index is -3.77. The van der Waals surface area contributed by atoms with Crippen molar-refractivity contribution >= 4 is 33.4 Å². The van der Waals surface area contributed by atoms with E-state index in [-0.39, 0.29) is 10.6 Å². The van der Waals surface area contributed by atoms with Gasteiger partial charge in [-0.2, -0.15) is 0 Å². The number of hydrogen-bond donors (Lipinski definition) is 2. The Morgan fingerprint density at radius 3 is 2.85 bits per heavy atom. The number of amides is 1. The Balaban J connectivity index is 1.56. The lowest BCUT2D eigenvalue weighted by Gasteiger charge is -2.11. The molecule has 0 unspecified atom stereocenters. The Morgan fingerprint density at radius 2 is 2.15 bits per heavy atom. The molecule has 0 bridgehead atoms. The minimum absolute atomic E-state index is 0.00579. The van der Waals surface area contributed by atoms with Crippen molar-refractivity contribution in [3.63, 3.8) is 0 Å². The van der Waals surface area contributed by atoms with Gasteiger partial charge in [0.2, 0.25) is 0 Å². The zero-order chi connectivity index (χ0) is 19.3. The zero-order valence-electron chi connectivity index (χ0n) is 14.6. The number of anilines is 1. The number of hydrogen-bond acceptors (Lipinski definition) is 7. The molecule has 2 N–H and O–H groups in total. The Kier molecular flexibility index (Phi) is 6.07. The van der Waals surface area contributed by atoms with Gasteiger partial charge in [0.15, 0.2) is 12.7 Å². The number of carbonyl (C=O) groups is 2. The van der Waals surface area contributed by atoms with E-state index < -0.39 is 34.6 Å². The van der Waals surface area contributed by atoms with Crippen LogP contribution in [0.3, 0.4) is 0 Å². The summed E-state index contributed by atoms with van der Waals surface area (Å²) in [5.74, 6) is -0.699. The molecule has 1 amide bonds. The first-order valence-corrected chi connectivity index (χ1v) is 10.2. The third kappa shape index (κ3) is 5.27. The van der Waals surface area contributed by atoms with Gasteiger partial charge in [-0.25, -0.2) is 13.2 Å². The molecule has 27 heavy (non-hydrogen) atoms. The number of nitrogens with one attached hydrogen (secondary N) is 2. The van der Waals surface area contributed by atoms with Crippen LogP contribution < -0.4 is 10.0 Å². The van der Waals surface area contributed by atoms with Crippen molar-refractivity contribution in [3.8, 4) is 0 Å². The molecule has 0 radical (unpaired) electrons. The average molecular weight is 395 g/mol. The number of benzene rings is 1. The molecule has 2 aliphatic heterocycles. The predicted octanol–water partition coefficient (Wildman–Crippen LogP) is 0.818. The molecular formula is C17H21N3O6S. The third-order valence-corrected chi connectivity index (χ3v) is 5.47. The molecule has 1 aromatic rings. The molecule has 0 saturated carbocycles. The first kappa shape index (κ1) is 19.3. The maximum atomic E-state index is 12.4. The number of sulfonamides is 1. The normalized spacial score (nSPS) is 19.4. The van der Waals surface area contributed by atoms with Crippen LogP contribution in [0.2, 0.25) is 0 Å². The van der Waals surface area contributed by atoms with Gasteiger partial charge in [0.25, 0.3) is 15.9 Å². The van der Waals surface area contributed by atoms with Crippen molar-refractivity contribution in [1.29, 1.82) is 0 Å². The van der Waals surface area contributed by atoms with Crippen LogP contribution in [0.5, 0.6) is 0 Å². The number of ether oxygens (including phenoxy) is 2. The van der Waals surface area contributed by atoms with E-state index in [0.717, 1.165) is 12.8 Å². The zero-order valence-corrected chi connectivity index (χ0v) is 15.5. The summed E-state index contributed by atoms with van der Waals surface area (Å²) < 4.78 is 37.4. The maximum Gasteiger partial charge on any atom is 0.335 e. The summed E-state index contributed by atoms with van der Waals surface area (Å²) in [5, 5.41) is 2.51. The fourth-order valence-corrected chi connectivity index (χ4v) is 3.90. The topological polar surface area (TPSA) is 123 Å². The Labute approximate surface area is 157 Å². The number of aliphatic imine (C=N–C) groups is 1. The Hall–Kier alpha value is -2.46. The Morgan fingerprint density at radius 1 is 1.30 bits per heavy atom. The Bertz CT molecular complexity index is 846. The third-order valence-electron chi connectivity index (χ3n) is 4.09. The highest BCUT2D eigenvalue weighted by atomic mass is 32.2. The van der Waals surface area contributed by atoms with Crippen molar-refractivity contribution < 1.29 is 27.5 Å². The van der Waals surface area contributed by atoms with Crippen molar-refractivity contribution in [3.05, 3.63) is 24.3 Å². The van der Waals surface area contributed by atoms with E-state index in [1.54, 1.807) is 6.07 Å². The number of carbonyl (C=O) groups excluding carboxylic acids is 2. The average Bonchev–Trinajstić information content (AvgIpc) is 3.33. The van der Waals surface area contributed by atoms with Gasteiger partial charge in [-0.05, 0) is 37.5 Å². The molecule has 0 spiro atoms. The lowest BCUT2D eigenvalue weighted by atomic mass is 10.2. The lowest BCUT2D eigenvalue weighted by Crippen LogP contribution is -2.29. The van der Waals surface area contributed by atoms with Crippen LogP contribution in [-0.2, 0) is 29.1 Å². The summed E-state index contributed by atoms with van der Waals surface area (Å²) in [6.45, 7) is 0.650. The van der Waals surface area contributed by atoms with E-state index in [2.05, 4.69) is 15.0 Å². The number of rotatable bonds is 6. The number of esters is 1. The maximum absolute atomic E-state index is 12.4. The highest BCUT2D eigenvalue weighted by Crippen LogP contribution is 2.17.